The smallest absolute Gasteiger partial charge is 0.0784 e. The van der Waals surface area contributed by atoms with Crippen molar-refractivity contribution in [1.82, 2.24) is 19.9 Å². The van der Waals surface area contributed by atoms with E-state index in [1.165, 1.54) is 48.6 Å². The first-order valence-corrected chi connectivity index (χ1v) is 36.8. The molecule has 322 valence electrons. The maximum atomic E-state index is 5.72. The van der Waals surface area contributed by atoms with Crippen LogP contribution < -0.4 is 20.7 Å². The lowest BCUT2D eigenvalue weighted by atomic mass is 10.0. The molecule has 64 heavy (non-hydrogen) atoms. The third-order valence-electron chi connectivity index (χ3n) is 12.8. The molecule has 0 radical (unpaired) electrons. The van der Waals surface area contributed by atoms with Crippen molar-refractivity contribution in [3.63, 3.8) is 0 Å². The van der Waals surface area contributed by atoms with Crippen LogP contribution in [0.25, 0.3) is 90.9 Å². The summed E-state index contributed by atoms with van der Waals surface area (Å²) in [6, 6.07) is 45.3. The zero-order valence-electron chi connectivity index (χ0n) is 39.8. The Balaban J connectivity index is 1.54. The van der Waals surface area contributed by atoms with Crippen LogP contribution in [-0.2, 0) is 0 Å². The second-order valence-corrected chi connectivity index (χ2v) is 41.8. The second kappa shape index (κ2) is 16.1. The van der Waals surface area contributed by atoms with Gasteiger partial charge in [-0.3, -0.25) is 0 Å². The highest BCUT2D eigenvalue weighted by Gasteiger charge is 2.29. The lowest BCUT2D eigenvalue weighted by molar-refractivity contribution is 1.28. The third kappa shape index (κ3) is 8.06. The maximum absolute atomic E-state index is 5.72. The largest absolute Gasteiger partial charge is 0.354 e. The minimum absolute atomic E-state index is 0.940. The molecule has 0 unspecified atom stereocenters. The van der Waals surface area contributed by atoms with E-state index >= 15 is 0 Å². The highest BCUT2D eigenvalue weighted by molar-refractivity contribution is 6.91. The van der Waals surface area contributed by atoms with Crippen LogP contribution in [0.3, 0.4) is 0 Å². The van der Waals surface area contributed by atoms with Gasteiger partial charge in [0, 0.05) is 44.3 Å². The first-order chi connectivity index (χ1) is 30.3. The Bertz CT molecular complexity index is 3050. The molecule has 3 aromatic heterocycles. The predicted molar refractivity (Wildman–Crippen MR) is 293 cm³/mol. The SMILES string of the molecule is C[Si](C)(C)c1ccccc1-c1c2nc(c(-c3ccccc3[Si](C)(C)C)c3ccc([nH]3)c(-c3ccccc3[Si](C)(C)C)c3ccc([nH]3)c(-c3ccccc3[Si](C)(C)C)c3nc1C=C3)C=C2. The van der Waals surface area contributed by atoms with Gasteiger partial charge in [0.05, 0.1) is 55.1 Å². The Morgan fingerprint density at radius 3 is 0.812 bits per heavy atom. The summed E-state index contributed by atoms with van der Waals surface area (Å²) in [5.41, 5.74) is 17.5. The van der Waals surface area contributed by atoms with Crippen molar-refractivity contribution < 1.29 is 0 Å². The molecule has 4 aromatic carbocycles. The van der Waals surface area contributed by atoms with Gasteiger partial charge in [-0.15, -0.1) is 0 Å². The zero-order valence-corrected chi connectivity index (χ0v) is 43.8. The van der Waals surface area contributed by atoms with Crippen LogP contribution in [0, 0.1) is 0 Å². The summed E-state index contributed by atoms with van der Waals surface area (Å²) in [7, 11) is -7.26. The molecular formula is C56H62N4Si4. The number of fused-ring (bicyclic) bond motifs is 8. The van der Waals surface area contributed by atoms with Crippen molar-refractivity contribution >= 4 is 99.4 Å². The van der Waals surface area contributed by atoms with Crippen LogP contribution in [0.5, 0.6) is 0 Å². The van der Waals surface area contributed by atoms with Crippen molar-refractivity contribution in [3.8, 4) is 44.5 Å². The van der Waals surface area contributed by atoms with E-state index in [0.717, 1.165) is 61.5 Å². The van der Waals surface area contributed by atoms with Crippen molar-refractivity contribution in [2.24, 2.45) is 0 Å². The molecule has 7 aromatic rings. The number of aromatic amines is 2. The summed E-state index contributed by atoms with van der Waals surface area (Å²) in [4.78, 5) is 19.6. The normalized spacial score (nSPS) is 13.2. The van der Waals surface area contributed by atoms with E-state index in [-0.39, 0.29) is 0 Å². The van der Waals surface area contributed by atoms with Crippen molar-refractivity contribution in [2.45, 2.75) is 78.6 Å². The third-order valence-corrected chi connectivity index (χ3v) is 21.0. The highest BCUT2D eigenvalue weighted by atomic mass is 28.3. The second-order valence-electron chi connectivity index (χ2n) is 21.7. The summed E-state index contributed by atoms with van der Waals surface area (Å²) in [5, 5.41) is 5.67. The summed E-state index contributed by atoms with van der Waals surface area (Å²) in [6.07, 6.45) is 8.97. The average Bonchev–Trinajstić information content (AvgIpc) is 4.08. The lowest BCUT2D eigenvalue weighted by Crippen LogP contribution is -2.39. The predicted octanol–water partition coefficient (Wildman–Crippen LogP) is 13.5. The Morgan fingerprint density at radius 1 is 0.281 bits per heavy atom. The van der Waals surface area contributed by atoms with E-state index in [2.05, 4.69) is 234 Å². The molecule has 2 aliphatic rings. The van der Waals surface area contributed by atoms with E-state index in [4.69, 9.17) is 9.97 Å². The lowest BCUT2D eigenvalue weighted by Gasteiger charge is -2.22. The van der Waals surface area contributed by atoms with Gasteiger partial charge in [-0.1, -0.05) is 196 Å². The number of nitrogens with one attached hydrogen (secondary N) is 2. The van der Waals surface area contributed by atoms with Gasteiger partial charge in [0.15, 0.2) is 0 Å². The molecule has 0 atom stereocenters. The van der Waals surface area contributed by atoms with Gasteiger partial charge in [0.2, 0.25) is 0 Å². The van der Waals surface area contributed by atoms with Crippen LogP contribution in [0.4, 0.5) is 0 Å². The minimum atomic E-state index is -1.82. The van der Waals surface area contributed by atoms with Crippen molar-refractivity contribution in [1.29, 1.82) is 0 Å². The molecule has 5 heterocycles. The molecule has 0 spiro atoms. The average molecular weight is 903 g/mol. The van der Waals surface area contributed by atoms with Gasteiger partial charge in [-0.2, -0.15) is 0 Å². The first kappa shape index (κ1) is 43.6. The molecule has 0 saturated heterocycles. The molecular weight excluding hydrogens is 841 g/mol. The number of nitrogens with zero attached hydrogens (tertiary/aromatic N) is 2. The van der Waals surface area contributed by atoms with Gasteiger partial charge < -0.3 is 9.97 Å². The van der Waals surface area contributed by atoms with Gasteiger partial charge in [-0.05, 0) is 70.8 Å². The van der Waals surface area contributed by atoms with Crippen molar-refractivity contribution in [2.75, 3.05) is 0 Å². The number of hydrogen-bond donors (Lipinski definition) is 2. The van der Waals surface area contributed by atoms with Crippen molar-refractivity contribution in [3.05, 3.63) is 144 Å². The summed E-state index contributed by atoms with van der Waals surface area (Å²) in [5.74, 6) is 0. The summed E-state index contributed by atoms with van der Waals surface area (Å²) in [6.45, 7) is 29.3. The van der Waals surface area contributed by atoms with E-state index < -0.39 is 32.3 Å². The molecule has 8 heteroatoms. The number of H-pyrrole nitrogens is 2. The molecule has 0 fully saturated rings. The monoisotopic (exact) mass is 902 g/mol. The molecule has 2 N–H and O–H groups in total. The Hall–Kier alpha value is -5.65. The Kier molecular flexibility index (Phi) is 11.0. The van der Waals surface area contributed by atoms with E-state index in [1.807, 2.05) is 0 Å². The first-order valence-electron chi connectivity index (χ1n) is 22.8. The molecule has 9 rings (SSSR count). The quantitative estimate of drug-likeness (QED) is 0.149. The molecule has 0 amide bonds. The van der Waals surface area contributed by atoms with Gasteiger partial charge in [0.25, 0.3) is 0 Å². The van der Waals surface area contributed by atoms with Crippen LogP contribution in [0.15, 0.2) is 121 Å². The topological polar surface area (TPSA) is 57.4 Å². The van der Waals surface area contributed by atoms with Crippen LogP contribution in [0.1, 0.15) is 22.8 Å². The van der Waals surface area contributed by atoms with Gasteiger partial charge in [0.1, 0.15) is 0 Å². The standard InChI is InChI=1S/C56H62N4Si4/c1-61(2,3)49-25-17-13-21-37(49)53-41-29-31-43(57-41)54(38-22-14-18-26-50(38)62(4,5)6)45-33-35-47(59-45)56(40-24-16-20-28-52(40)64(10,11)12)48-36-34-46(60-48)55(44-32-30-42(53)58-44)39-23-15-19-27-51(39)63(7,8)9/h13-36,57-58H,1-12H3. The molecule has 8 bridgehead atoms. The molecule has 2 aliphatic heterocycles. The van der Waals surface area contributed by atoms with E-state index in [1.54, 1.807) is 0 Å². The maximum Gasteiger partial charge on any atom is 0.0784 e. The summed E-state index contributed by atoms with van der Waals surface area (Å²) >= 11 is 0. The minimum Gasteiger partial charge on any atom is -0.354 e. The Morgan fingerprint density at radius 2 is 0.516 bits per heavy atom. The van der Waals surface area contributed by atoms with Gasteiger partial charge in [-0.25, -0.2) is 9.97 Å². The molecule has 0 aliphatic carbocycles. The highest BCUT2D eigenvalue weighted by Crippen LogP contribution is 2.39. The molecule has 0 saturated carbocycles. The summed E-state index contributed by atoms with van der Waals surface area (Å²) < 4.78 is 0. The number of benzene rings is 4. The van der Waals surface area contributed by atoms with E-state index in [9.17, 15) is 0 Å². The number of rotatable bonds is 8. The fourth-order valence-corrected chi connectivity index (χ4v) is 16.2. The zero-order chi connectivity index (χ0) is 45.3. The number of aromatic nitrogens is 4. The fourth-order valence-electron chi connectivity index (χ4n) is 9.76. The Labute approximate surface area is 384 Å². The van der Waals surface area contributed by atoms with Gasteiger partial charge >= 0.3 is 0 Å². The fraction of sp³-hybridized carbons (Fsp3) is 0.214. The van der Waals surface area contributed by atoms with Crippen LogP contribution in [0.2, 0.25) is 78.6 Å². The van der Waals surface area contributed by atoms with Crippen LogP contribution >= 0.6 is 0 Å². The van der Waals surface area contributed by atoms with Crippen LogP contribution in [-0.4, -0.2) is 52.2 Å². The van der Waals surface area contributed by atoms with E-state index in [0.29, 0.717) is 0 Å². The number of hydrogen-bond acceptors (Lipinski definition) is 2. The molecule has 4 nitrogen and oxygen atoms in total.